The molecule has 17 heavy (non-hydrogen) atoms. The van der Waals surface area contributed by atoms with E-state index in [4.69, 9.17) is 5.73 Å². The van der Waals surface area contributed by atoms with Crippen molar-refractivity contribution in [3.63, 3.8) is 0 Å². The molecule has 3 N–H and O–H groups in total. The predicted octanol–water partition coefficient (Wildman–Crippen LogP) is 0.579. The maximum absolute atomic E-state index is 12.2. The van der Waals surface area contributed by atoms with Gasteiger partial charge in [-0.05, 0) is 31.5 Å². The summed E-state index contributed by atoms with van der Waals surface area (Å²) in [5.41, 5.74) is 6.63. The van der Waals surface area contributed by atoms with Crippen LogP contribution in [-0.4, -0.2) is 37.5 Å². The van der Waals surface area contributed by atoms with Gasteiger partial charge in [-0.1, -0.05) is 6.07 Å². The number of nitrogens with zero attached hydrogens (tertiary/aromatic N) is 1. The maximum atomic E-state index is 12.2. The summed E-state index contributed by atoms with van der Waals surface area (Å²) >= 11 is 0. The molecule has 1 aromatic rings. The third kappa shape index (κ3) is 3.18. The number of likely N-dealkylation sites (N-methyl/N-ethyl adjacent to an activating group) is 1. The number of aliphatic hydroxyl groups is 1. The quantitative estimate of drug-likeness (QED) is 0.774. The van der Waals surface area contributed by atoms with Crippen molar-refractivity contribution in [2.24, 2.45) is 0 Å². The molecule has 1 rings (SSSR count). The van der Waals surface area contributed by atoms with Crippen LogP contribution in [0.15, 0.2) is 23.1 Å². The summed E-state index contributed by atoms with van der Waals surface area (Å²) in [6, 6.07) is 4.75. The van der Waals surface area contributed by atoms with Crippen molar-refractivity contribution in [1.82, 2.24) is 4.31 Å². The van der Waals surface area contributed by atoms with Crippen LogP contribution in [0.5, 0.6) is 0 Å². The third-order valence-corrected chi connectivity index (χ3v) is 4.39. The fourth-order valence-corrected chi connectivity index (χ4v) is 3.04. The number of hydrogen-bond acceptors (Lipinski definition) is 4. The van der Waals surface area contributed by atoms with Crippen molar-refractivity contribution in [3.8, 4) is 0 Å². The second kappa shape index (κ2) is 5.03. The Hall–Kier alpha value is -1.11. The number of hydrogen-bond donors (Lipinski definition) is 2. The lowest BCUT2D eigenvalue weighted by Gasteiger charge is -2.20. The highest BCUT2D eigenvalue weighted by Crippen LogP contribution is 2.21. The van der Waals surface area contributed by atoms with Gasteiger partial charge >= 0.3 is 0 Å². The molecule has 1 unspecified atom stereocenters. The summed E-state index contributed by atoms with van der Waals surface area (Å²) in [6.07, 6.45) is -0.712. The van der Waals surface area contributed by atoms with Gasteiger partial charge in [0.15, 0.2) is 0 Å². The van der Waals surface area contributed by atoms with E-state index in [2.05, 4.69) is 0 Å². The highest BCUT2D eigenvalue weighted by atomic mass is 32.2. The van der Waals surface area contributed by atoms with E-state index in [1.807, 2.05) is 0 Å². The summed E-state index contributed by atoms with van der Waals surface area (Å²) in [5.74, 6) is 0. The van der Waals surface area contributed by atoms with E-state index in [0.717, 1.165) is 4.31 Å². The molecule has 0 spiro atoms. The highest BCUT2D eigenvalue weighted by Gasteiger charge is 2.23. The van der Waals surface area contributed by atoms with Crippen molar-refractivity contribution < 1.29 is 13.5 Å². The van der Waals surface area contributed by atoms with Crippen molar-refractivity contribution in [1.29, 1.82) is 0 Å². The lowest BCUT2D eigenvalue weighted by atomic mass is 10.2. The standard InChI is InChI=1S/C11H18N2O3S/c1-8-4-5-10(12)6-11(8)17(15,16)13(3)7-9(2)14/h4-6,9,14H,7,12H2,1-3H3. The Bertz CT molecular complexity index is 497. The van der Waals surface area contributed by atoms with E-state index in [1.54, 1.807) is 19.1 Å². The normalized spacial score (nSPS) is 13.9. The Morgan fingerprint density at radius 2 is 2.06 bits per heavy atom. The minimum Gasteiger partial charge on any atom is -0.399 e. The number of nitrogen functional groups attached to an aromatic ring is 1. The summed E-state index contributed by atoms with van der Waals surface area (Å²) < 4.78 is 25.5. The van der Waals surface area contributed by atoms with Crippen LogP contribution in [-0.2, 0) is 10.0 Å². The Balaban J connectivity index is 3.17. The van der Waals surface area contributed by atoms with Gasteiger partial charge in [-0.3, -0.25) is 0 Å². The molecule has 0 aliphatic rings. The first kappa shape index (κ1) is 14.0. The van der Waals surface area contributed by atoms with E-state index in [0.29, 0.717) is 11.3 Å². The van der Waals surface area contributed by atoms with Gasteiger partial charge in [0.05, 0.1) is 11.0 Å². The number of aryl methyl sites for hydroxylation is 1. The van der Waals surface area contributed by atoms with Crippen molar-refractivity contribution >= 4 is 15.7 Å². The van der Waals surface area contributed by atoms with Gasteiger partial charge in [-0.25, -0.2) is 8.42 Å². The molecular weight excluding hydrogens is 240 g/mol. The number of benzene rings is 1. The molecule has 1 atom stereocenters. The first-order chi connectivity index (χ1) is 7.75. The number of sulfonamides is 1. The molecule has 0 aliphatic heterocycles. The maximum Gasteiger partial charge on any atom is 0.243 e. The van der Waals surface area contributed by atoms with E-state index in [9.17, 15) is 13.5 Å². The molecule has 0 aromatic heterocycles. The third-order valence-electron chi connectivity index (χ3n) is 2.42. The molecule has 0 heterocycles. The topological polar surface area (TPSA) is 83.6 Å². The molecule has 0 radical (unpaired) electrons. The fourth-order valence-electron chi connectivity index (χ4n) is 1.53. The summed E-state index contributed by atoms with van der Waals surface area (Å²) in [6.45, 7) is 3.30. The molecule has 5 nitrogen and oxygen atoms in total. The lowest BCUT2D eigenvalue weighted by molar-refractivity contribution is 0.171. The number of rotatable bonds is 4. The molecule has 0 fully saturated rings. The molecule has 0 bridgehead atoms. The van der Waals surface area contributed by atoms with E-state index in [-0.39, 0.29) is 11.4 Å². The molecule has 0 amide bonds. The molecule has 0 saturated heterocycles. The Morgan fingerprint density at radius 3 is 2.59 bits per heavy atom. The van der Waals surface area contributed by atoms with Gasteiger partial charge < -0.3 is 10.8 Å². The first-order valence-corrected chi connectivity index (χ1v) is 6.69. The van der Waals surface area contributed by atoms with Crippen LogP contribution in [0.25, 0.3) is 0 Å². The Labute approximate surface area is 102 Å². The second-order valence-electron chi connectivity index (χ2n) is 4.16. The summed E-state index contributed by atoms with van der Waals surface area (Å²) in [4.78, 5) is 0.181. The Kier molecular flexibility index (Phi) is 4.13. The minimum absolute atomic E-state index is 0.0522. The van der Waals surface area contributed by atoms with Gasteiger partial charge in [0.2, 0.25) is 10.0 Å². The van der Waals surface area contributed by atoms with Crippen LogP contribution < -0.4 is 5.73 Å². The van der Waals surface area contributed by atoms with Gasteiger partial charge in [0.25, 0.3) is 0 Å². The van der Waals surface area contributed by atoms with Gasteiger partial charge in [-0.15, -0.1) is 0 Å². The molecule has 6 heteroatoms. The van der Waals surface area contributed by atoms with Crippen LogP contribution in [0, 0.1) is 6.92 Å². The van der Waals surface area contributed by atoms with Crippen LogP contribution in [0.2, 0.25) is 0 Å². The molecule has 96 valence electrons. The number of nitrogens with two attached hydrogens (primary N) is 1. The summed E-state index contributed by atoms with van der Waals surface area (Å²) in [5, 5.41) is 9.23. The largest absolute Gasteiger partial charge is 0.399 e. The van der Waals surface area contributed by atoms with Crippen LogP contribution in [0.3, 0.4) is 0 Å². The van der Waals surface area contributed by atoms with E-state index < -0.39 is 16.1 Å². The van der Waals surface area contributed by atoms with Gasteiger partial charge in [0, 0.05) is 19.3 Å². The first-order valence-electron chi connectivity index (χ1n) is 5.25. The zero-order chi connectivity index (χ0) is 13.2. The smallest absolute Gasteiger partial charge is 0.243 e. The lowest BCUT2D eigenvalue weighted by Crippen LogP contribution is -2.33. The predicted molar refractivity (Wildman–Crippen MR) is 67.1 cm³/mol. The number of anilines is 1. The van der Waals surface area contributed by atoms with E-state index in [1.165, 1.54) is 20.0 Å². The average molecular weight is 258 g/mol. The molecule has 0 saturated carbocycles. The average Bonchev–Trinajstić information content (AvgIpc) is 2.20. The highest BCUT2D eigenvalue weighted by molar-refractivity contribution is 7.89. The fraction of sp³-hybridized carbons (Fsp3) is 0.455. The van der Waals surface area contributed by atoms with Crippen LogP contribution in [0.1, 0.15) is 12.5 Å². The van der Waals surface area contributed by atoms with Crippen molar-refractivity contribution in [2.45, 2.75) is 24.8 Å². The molecular formula is C11H18N2O3S. The van der Waals surface area contributed by atoms with Gasteiger partial charge in [0.1, 0.15) is 0 Å². The zero-order valence-electron chi connectivity index (χ0n) is 10.2. The minimum atomic E-state index is -3.59. The second-order valence-corrected chi connectivity index (χ2v) is 6.17. The SMILES string of the molecule is Cc1ccc(N)cc1S(=O)(=O)N(C)CC(C)O. The zero-order valence-corrected chi connectivity index (χ0v) is 11.0. The van der Waals surface area contributed by atoms with Crippen LogP contribution in [0.4, 0.5) is 5.69 Å². The molecule has 0 aliphatic carbocycles. The van der Waals surface area contributed by atoms with Gasteiger partial charge in [-0.2, -0.15) is 4.31 Å². The van der Waals surface area contributed by atoms with Crippen molar-refractivity contribution in [3.05, 3.63) is 23.8 Å². The monoisotopic (exact) mass is 258 g/mol. The number of aliphatic hydroxyl groups excluding tert-OH is 1. The Morgan fingerprint density at radius 1 is 1.47 bits per heavy atom. The van der Waals surface area contributed by atoms with E-state index >= 15 is 0 Å². The summed E-state index contributed by atoms with van der Waals surface area (Å²) in [7, 11) is -2.16. The van der Waals surface area contributed by atoms with Crippen molar-refractivity contribution in [2.75, 3.05) is 19.3 Å². The molecule has 1 aromatic carbocycles. The van der Waals surface area contributed by atoms with Crippen LogP contribution >= 0.6 is 0 Å².